The van der Waals surface area contributed by atoms with E-state index in [2.05, 4.69) is 15.0 Å². The summed E-state index contributed by atoms with van der Waals surface area (Å²) >= 11 is 0. The normalized spacial score (nSPS) is 11.8. The van der Waals surface area contributed by atoms with Crippen molar-refractivity contribution in [1.29, 1.82) is 0 Å². The third-order valence-electron chi connectivity index (χ3n) is 1.65. The summed E-state index contributed by atoms with van der Waals surface area (Å²) in [6, 6.07) is -0.205. The topological polar surface area (TPSA) is 55.2 Å². The van der Waals surface area contributed by atoms with Crippen molar-refractivity contribution in [2.45, 2.75) is 19.9 Å². The van der Waals surface area contributed by atoms with E-state index in [1.165, 1.54) is 12.4 Å². The van der Waals surface area contributed by atoms with E-state index in [0.717, 1.165) is 11.3 Å². The lowest BCUT2D eigenvalue weighted by Crippen LogP contribution is -1.96. The van der Waals surface area contributed by atoms with E-state index in [0.29, 0.717) is 0 Å². The van der Waals surface area contributed by atoms with Gasteiger partial charge in [0.25, 0.3) is 0 Å². The molecule has 12 heavy (non-hydrogen) atoms. The Kier molecular flexibility index (Phi) is 2.66. The van der Waals surface area contributed by atoms with Crippen LogP contribution in [-0.4, -0.2) is 16.0 Å². The largest absolute Gasteiger partial charge is 0.244 e. The lowest BCUT2D eigenvalue weighted by atomic mass is 10.1. The van der Waals surface area contributed by atoms with Gasteiger partial charge in [-0.2, -0.15) is 4.99 Å². The summed E-state index contributed by atoms with van der Waals surface area (Å²) in [5, 5.41) is 0. The summed E-state index contributed by atoms with van der Waals surface area (Å²) in [4.78, 5) is 21.4. The molecule has 4 nitrogen and oxygen atoms in total. The SMILES string of the molecule is Cc1ncncc1C(C)N=C=O. The molecule has 62 valence electrons. The van der Waals surface area contributed by atoms with Crippen molar-refractivity contribution in [2.75, 3.05) is 0 Å². The highest BCUT2D eigenvalue weighted by atomic mass is 16.1. The molecule has 0 spiro atoms. The van der Waals surface area contributed by atoms with E-state index < -0.39 is 0 Å². The Morgan fingerprint density at radius 3 is 3.00 bits per heavy atom. The van der Waals surface area contributed by atoms with Crippen LogP contribution < -0.4 is 0 Å². The molecular weight excluding hydrogens is 154 g/mol. The maximum Gasteiger partial charge on any atom is 0.235 e. The van der Waals surface area contributed by atoms with Gasteiger partial charge in [-0.1, -0.05) is 0 Å². The molecule has 0 saturated heterocycles. The van der Waals surface area contributed by atoms with Crippen LogP contribution in [0.1, 0.15) is 24.2 Å². The smallest absolute Gasteiger partial charge is 0.235 e. The lowest BCUT2D eigenvalue weighted by molar-refractivity contribution is 0.559. The van der Waals surface area contributed by atoms with Gasteiger partial charge in [-0.15, -0.1) is 0 Å². The Balaban J connectivity index is 3.02. The monoisotopic (exact) mass is 163 g/mol. The average molecular weight is 163 g/mol. The van der Waals surface area contributed by atoms with Crippen molar-refractivity contribution >= 4 is 6.08 Å². The van der Waals surface area contributed by atoms with Gasteiger partial charge >= 0.3 is 0 Å². The highest BCUT2D eigenvalue weighted by Gasteiger charge is 2.06. The standard InChI is InChI=1S/C8H9N3O/c1-6-8(3-9-4-10-6)7(2)11-5-12/h3-4,7H,1-2H3. The number of hydrogen-bond acceptors (Lipinski definition) is 4. The first-order valence-corrected chi connectivity index (χ1v) is 3.59. The Bertz CT molecular complexity index is 318. The Hall–Kier alpha value is -1.54. The van der Waals surface area contributed by atoms with E-state index in [9.17, 15) is 4.79 Å². The molecule has 0 radical (unpaired) electrons. The van der Waals surface area contributed by atoms with Crippen LogP contribution in [-0.2, 0) is 4.79 Å². The molecule has 0 aliphatic rings. The molecule has 0 fully saturated rings. The molecule has 0 aliphatic heterocycles. The van der Waals surface area contributed by atoms with Gasteiger partial charge in [0.15, 0.2) is 0 Å². The summed E-state index contributed by atoms with van der Waals surface area (Å²) in [5.74, 6) is 0. The molecule has 0 N–H and O–H groups in total. The third kappa shape index (κ3) is 1.74. The predicted molar refractivity (Wildman–Crippen MR) is 43.3 cm³/mol. The van der Waals surface area contributed by atoms with Gasteiger partial charge < -0.3 is 0 Å². The van der Waals surface area contributed by atoms with Gasteiger partial charge in [-0.05, 0) is 13.8 Å². The number of isocyanates is 1. The van der Waals surface area contributed by atoms with Gasteiger partial charge in [-0.3, -0.25) is 0 Å². The van der Waals surface area contributed by atoms with Gasteiger partial charge in [0.2, 0.25) is 6.08 Å². The zero-order valence-corrected chi connectivity index (χ0v) is 6.98. The molecule has 1 unspecified atom stereocenters. The minimum Gasteiger partial charge on any atom is -0.244 e. The highest BCUT2D eigenvalue weighted by Crippen LogP contribution is 2.16. The summed E-state index contributed by atoms with van der Waals surface area (Å²) in [6.07, 6.45) is 4.64. The summed E-state index contributed by atoms with van der Waals surface area (Å²) in [7, 11) is 0. The summed E-state index contributed by atoms with van der Waals surface area (Å²) in [6.45, 7) is 3.66. The van der Waals surface area contributed by atoms with Gasteiger partial charge in [0.05, 0.1) is 6.04 Å². The number of hydrogen-bond donors (Lipinski definition) is 0. The number of nitrogens with zero attached hydrogens (tertiary/aromatic N) is 3. The molecule has 0 amide bonds. The zero-order chi connectivity index (χ0) is 8.97. The molecule has 1 heterocycles. The van der Waals surface area contributed by atoms with Crippen LogP contribution in [0.4, 0.5) is 0 Å². The van der Waals surface area contributed by atoms with Crippen molar-refractivity contribution in [3.05, 3.63) is 23.8 Å². The van der Waals surface area contributed by atoms with Gasteiger partial charge in [-0.25, -0.2) is 14.8 Å². The van der Waals surface area contributed by atoms with Crippen LogP contribution in [0.25, 0.3) is 0 Å². The minimum atomic E-state index is -0.205. The molecule has 4 heteroatoms. The number of aryl methyl sites for hydroxylation is 1. The van der Waals surface area contributed by atoms with Crippen molar-refractivity contribution in [3.8, 4) is 0 Å². The van der Waals surface area contributed by atoms with E-state index >= 15 is 0 Å². The Labute approximate surface area is 70.4 Å². The first-order valence-electron chi connectivity index (χ1n) is 3.59. The molecule has 1 rings (SSSR count). The maximum atomic E-state index is 9.97. The molecule has 1 aromatic rings. The summed E-state index contributed by atoms with van der Waals surface area (Å²) in [5.41, 5.74) is 1.71. The molecular formula is C8H9N3O. The molecule has 0 bridgehead atoms. The third-order valence-corrected chi connectivity index (χ3v) is 1.65. The number of carbonyl (C=O) groups excluding carboxylic acids is 1. The fourth-order valence-electron chi connectivity index (χ4n) is 0.960. The van der Waals surface area contributed by atoms with Crippen LogP contribution in [0, 0.1) is 6.92 Å². The van der Waals surface area contributed by atoms with E-state index in [1.807, 2.05) is 6.92 Å². The van der Waals surface area contributed by atoms with Crippen molar-refractivity contribution in [3.63, 3.8) is 0 Å². The van der Waals surface area contributed by atoms with Crippen LogP contribution in [0.15, 0.2) is 17.5 Å². The van der Waals surface area contributed by atoms with Gasteiger partial charge in [0.1, 0.15) is 6.33 Å². The fraction of sp³-hybridized carbons (Fsp3) is 0.375. The van der Waals surface area contributed by atoms with Crippen LogP contribution in [0.3, 0.4) is 0 Å². The summed E-state index contributed by atoms with van der Waals surface area (Å²) < 4.78 is 0. The quantitative estimate of drug-likeness (QED) is 0.486. The van der Waals surface area contributed by atoms with Crippen LogP contribution in [0.5, 0.6) is 0 Å². The maximum absolute atomic E-state index is 9.97. The second-order valence-electron chi connectivity index (χ2n) is 2.46. The zero-order valence-electron chi connectivity index (χ0n) is 6.98. The fourth-order valence-corrected chi connectivity index (χ4v) is 0.960. The molecule has 1 aromatic heterocycles. The Morgan fingerprint density at radius 1 is 1.67 bits per heavy atom. The van der Waals surface area contributed by atoms with E-state index in [1.54, 1.807) is 13.1 Å². The first-order chi connectivity index (χ1) is 5.75. The van der Waals surface area contributed by atoms with E-state index in [-0.39, 0.29) is 6.04 Å². The minimum absolute atomic E-state index is 0.205. The second kappa shape index (κ2) is 3.74. The van der Waals surface area contributed by atoms with Crippen molar-refractivity contribution in [1.82, 2.24) is 9.97 Å². The molecule has 1 atom stereocenters. The Morgan fingerprint density at radius 2 is 2.42 bits per heavy atom. The molecule has 0 aromatic carbocycles. The number of aromatic nitrogens is 2. The molecule has 0 aliphatic carbocycles. The van der Waals surface area contributed by atoms with Crippen LogP contribution in [0.2, 0.25) is 0 Å². The lowest BCUT2D eigenvalue weighted by Gasteiger charge is -2.05. The van der Waals surface area contributed by atoms with Crippen molar-refractivity contribution in [2.24, 2.45) is 4.99 Å². The average Bonchev–Trinajstić information content (AvgIpc) is 2.05. The highest BCUT2D eigenvalue weighted by molar-refractivity contribution is 5.35. The second-order valence-corrected chi connectivity index (χ2v) is 2.46. The number of rotatable bonds is 2. The number of aliphatic imine (C=N–C) groups is 1. The molecule has 0 saturated carbocycles. The van der Waals surface area contributed by atoms with E-state index in [4.69, 9.17) is 0 Å². The predicted octanol–water partition coefficient (Wildman–Crippen LogP) is 1.18. The van der Waals surface area contributed by atoms with Gasteiger partial charge in [0, 0.05) is 17.5 Å². The van der Waals surface area contributed by atoms with Crippen molar-refractivity contribution < 1.29 is 4.79 Å². The first kappa shape index (κ1) is 8.56. The van der Waals surface area contributed by atoms with Crippen LogP contribution >= 0.6 is 0 Å².